The lowest BCUT2D eigenvalue weighted by Crippen LogP contribution is -2.07. The molecule has 0 radical (unpaired) electrons. The normalized spacial score (nSPS) is 11.6. The van der Waals surface area contributed by atoms with Gasteiger partial charge < -0.3 is 4.55 Å². The zero-order valence-corrected chi connectivity index (χ0v) is 20.4. The van der Waals surface area contributed by atoms with E-state index in [1.807, 2.05) is 0 Å². The molecule has 0 amide bonds. The van der Waals surface area contributed by atoms with Crippen molar-refractivity contribution in [1.29, 1.82) is 0 Å². The molecule has 0 spiro atoms. The molecule has 0 aliphatic rings. The van der Waals surface area contributed by atoms with Crippen LogP contribution in [-0.2, 0) is 33.6 Å². The van der Waals surface area contributed by atoms with Crippen LogP contribution in [0.1, 0.15) is 18.1 Å². The number of hydrogen-bond donors (Lipinski definition) is 0. The van der Waals surface area contributed by atoms with Crippen LogP contribution in [0.2, 0.25) is 0 Å². The molecule has 35 heavy (non-hydrogen) atoms. The lowest BCUT2D eigenvalue weighted by Gasteiger charge is -2.10. The minimum absolute atomic E-state index is 0.0249. The predicted molar refractivity (Wildman–Crippen MR) is 130 cm³/mol. The van der Waals surface area contributed by atoms with Crippen molar-refractivity contribution in [3.63, 3.8) is 0 Å². The summed E-state index contributed by atoms with van der Waals surface area (Å²) in [5, 5.41) is 0. The van der Waals surface area contributed by atoms with Gasteiger partial charge in [0.1, 0.15) is 10.1 Å². The van der Waals surface area contributed by atoms with Crippen LogP contribution in [0.4, 0.5) is 13.2 Å². The number of rotatable bonds is 5. The van der Waals surface area contributed by atoms with Crippen LogP contribution in [-0.4, -0.2) is 13.0 Å². The van der Waals surface area contributed by atoms with Crippen molar-refractivity contribution in [2.45, 2.75) is 39.1 Å². The second kappa shape index (κ2) is 11.6. The van der Waals surface area contributed by atoms with Crippen LogP contribution in [0.5, 0.6) is 0 Å². The Kier molecular flexibility index (Phi) is 8.77. The maximum absolute atomic E-state index is 12.1. The Hall–Kier alpha value is -3.07. The van der Waals surface area contributed by atoms with Crippen molar-refractivity contribution >= 4 is 21.0 Å². The van der Waals surface area contributed by atoms with E-state index in [1.54, 1.807) is 0 Å². The average Bonchev–Trinajstić information content (AvgIpc) is 2.85. The average molecular weight is 517 g/mol. The van der Waals surface area contributed by atoms with Crippen molar-refractivity contribution in [2.75, 3.05) is 0 Å². The van der Waals surface area contributed by atoms with Crippen LogP contribution in [0.15, 0.2) is 129 Å². The molecule has 0 aromatic heterocycles. The van der Waals surface area contributed by atoms with E-state index in [4.69, 9.17) is 0 Å². The number of aryl methyl sites for hydroxylation is 1. The largest absolute Gasteiger partial charge is 0.744 e. The van der Waals surface area contributed by atoms with Crippen molar-refractivity contribution in [1.82, 2.24) is 0 Å². The van der Waals surface area contributed by atoms with Gasteiger partial charge in [0.05, 0.1) is 21.4 Å². The molecule has 0 atom stereocenters. The Bertz CT molecular complexity index is 1280. The summed E-state index contributed by atoms with van der Waals surface area (Å²) in [7, 11) is -4.86. The van der Waals surface area contributed by atoms with E-state index in [0.29, 0.717) is 12.1 Å². The first-order valence-corrected chi connectivity index (χ1v) is 13.3. The Labute approximate surface area is 206 Å². The molecular weight excluding hydrogens is 493 g/mol. The lowest BCUT2D eigenvalue weighted by molar-refractivity contribution is -0.137. The molecule has 182 valence electrons. The second-order valence-electron chi connectivity index (χ2n) is 7.41. The lowest BCUT2D eigenvalue weighted by atomic mass is 10.2. The molecular formula is C27H23F3O3S2. The molecule has 0 aliphatic carbocycles. The highest BCUT2D eigenvalue weighted by Crippen LogP contribution is 2.31. The molecule has 0 unspecified atom stereocenters. The van der Waals surface area contributed by atoms with Gasteiger partial charge in [0.15, 0.2) is 14.7 Å². The molecule has 0 heterocycles. The molecule has 0 aliphatic heterocycles. The van der Waals surface area contributed by atoms with Gasteiger partial charge in [-0.2, -0.15) is 13.2 Å². The predicted octanol–water partition coefficient (Wildman–Crippen LogP) is 6.95. The van der Waals surface area contributed by atoms with E-state index < -0.39 is 26.8 Å². The third-order valence-electron chi connectivity index (χ3n) is 4.98. The molecule has 3 nitrogen and oxygen atoms in total. The van der Waals surface area contributed by atoms with E-state index in [9.17, 15) is 26.1 Å². The Morgan fingerprint density at radius 3 is 1.63 bits per heavy atom. The zero-order valence-electron chi connectivity index (χ0n) is 18.8. The van der Waals surface area contributed by atoms with Gasteiger partial charge >= 0.3 is 6.18 Å². The molecule has 0 bridgehead atoms. The van der Waals surface area contributed by atoms with E-state index >= 15 is 0 Å². The summed E-state index contributed by atoms with van der Waals surface area (Å²) < 4.78 is 67.3. The quantitative estimate of drug-likeness (QED) is 0.213. The van der Waals surface area contributed by atoms with Crippen molar-refractivity contribution < 1.29 is 26.1 Å². The standard InChI is InChI=1S/C20H19S.C7H5F3O3S/c1-2-17-13-15-20(16-14-17)21(18-9-5-3-6-10-18)19-11-7-4-8-12-19;8-7(9,10)5-2-1-3-6(4-5)14(11,12)13/h3-16H,2H2,1H3;1-4H,(H,11,12,13)/q+1;/p-1. The Balaban J connectivity index is 0.000000214. The molecule has 4 rings (SSSR count). The fourth-order valence-corrected chi connectivity index (χ4v) is 5.81. The number of halogens is 3. The number of benzene rings is 4. The summed E-state index contributed by atoms with van der Waals surface area (Å²) >= 11 is 0. The number of hydrogen-bond acceptors (Lipinski definition) is 3. The maximum Gasteiger partial charge on any atom is 0.416 e. The topological polar surface area (TPSA) is 57.2 Å². The van der Waals surface area contributed by atoms with E-state index in [0.717, 1.165) is 18.6 Å². The van der Waals surface area contributed by atoms with Crippen molar-refractivity contribution in [2.24, 2.45) is 0 Å². The van der Waals surface area contributed by atoms with Gasteiger partial charge in [0.2, 0.25) is 0 Å². The first kappa shape index (κ1) is 26.5. The van der Waals surface area contributed by atoms with Gasteiger partial charge in [-0.1, -0.05) is 61.5 Å². The van der Waals surface area contributed by atoms with Crippen LogP contribution >= 0.6 is 0 Å². The molecule has 0 saturated carbocycles. The fraction of sp³-hybridized carbons (Fsp3) is 0.111. The summed E-state index contributed by atoms with van der Waals surface area (Å²) in [4.78, 5) is 3.23. The van der Waals surface area contributed by atoms with Gasteiger partial charge in [-0.3, -0.25) is 0 Å². The minimum atomic E-state index is -4.84. The van der Waals surface area contributed by atoms with E-state index in [-0.39, 0.29) is 10.9 Å². The van der Waals surface area contributed by atoms with Gasteiger partial charge in [-0.25, -0.2) is 8.42 Å². The summed E-state index contributed by atoms with van der Waals surface area (Å²) in [6.07, 6.45) is -3.56. The summed E-state index contributed by atoms with van der Waals surface area (Å²) in [5.74, 6) is 0. The van der Waals surface area contributed by atoms with Gasteiger partial charge in [0, 0.05) is 0 Å². The Morgan fingerprint density at radius 2 is 1.20 bits per heavy atom. The Morgan fingerprint density at radius 1 is 0.714 bits per heavy atom. The number of alkyl halides is 3. The van der Waals surface area contributed by atoms with Crippen LogP contribution < -0.4 is 0 Å². The SMILES string of the molecule is CCc1ccc([S+](c2ccccc2)c2ccccc2)cc1.O=S(=O)([O-])c1cccc(C(F)(F)F)c1. The molecule has 0 N–H and O–H groups in total. The third kappa shape index (κ3) is 7.45. The van der Waals surface area contributed by atoms with Crippen LogP contribution in [0.25, 0.3) is 0 Å². The highest BCUT2D eigenvalue weighted by Gasteiger charge is 2.31. The summed E-state index contributed by atoms with van der Waals surface area (Å²) in [6.45, 7) is 2.20. The van der Waals surface area contributed by atoms with Crippen molar-refractivity contribution in [3.8, 4) is 0 Å². The van der Waals surface area contributed by atoms with Gasteiger partial charge in [-0.05, 0) is 66.6 Å². The first-order chi connectivity index (χ1) is 16.6. The van der Waals surface area contributed by atoms with Crippen LogP contribution in [0.3, 0.4) is 0 Å². The van der Waals surface area contributed by atoms with Crippen molar-refractivity contribution in [3.05, 3.63) is 120 Å². The third-order valence-corrected chi connectivity index (χ3v) is 8.04. The minimum Gasteiger partial charge on any atom is -0.744 e. The second-order valence-corrected chi connectivity index (χ2v) is 10.8. The highest BCUT2D eigenvalue weighted by atomic mass is 32.2. The molecule has 0 fully saturated rings. The highest BCUT2D eigenvalue weighted by molar-refractivity contribution is 7.97. The maximum atomic E-state index is 12.1. The smallest absolute Gasteiger partial charge is 0.416 e. The first-order valence-electron chi connectivity index (χ1n) is 10.7. The fourth-order valence-electron chi connectivity index (χ4n) is 3.21. The molecule has 4 aromatic rings. The summed E-state index contributed by atoms with van der Waals surface area (Å²) in [5.41, 5.74) is 0.234. The molecule has 4 aromatic carbocycles. The summed E-state index contributed by atoms with van der Waals surface area (Å²) in [6, 6.07) is 33.3. The van der Waals surface area contributed by atoms with Gasteiger partial charge in [0.25, 0.3) is 0 Å². The van der Waals surface area contributed by atoms with Gasteiger partial charge in [-0.15, -0.1) is 0 Å². The van der Waals surface area contributed by atoms with E-state index in [1.165, 1.54) is 20.2 Å². The van der Waals surface area contributed by atoms with E-state index in [2.05, 4.69) is 91.9 Å². The molecule has 0 saturated heterocycles. The zero-order chi connectivity index (χ0) is 25.5. The monoisotopic (exact) mass is 516 g/mol. The molecule has 8 heteroatoms. The van der Waals surface area contributed by atoms with Crippen LogP contribution in [0, 0.1) is 0 Å².